The summed E-state index contributed by atoms with van der Waals surface area (Å²) in [5.41, 5.74) is 3.40. The molecule has 29 heavy (non-hydrogen) atoms. The van der Waals surface area contributed by atoms with Crippen molar-refractivity contribution in [1.82, 2.24) is 9.97 Å². The number of rotatable bonds is 4. The van der Waals surface area contributed by atoms with Gasteiger partial charge in [0.1, 0.15) is 5.82 Å². The lowest BCUT2D eigenvalue weighted by molar-refractivity contribution is -0.120. The quantitative estimate of drug-likeness (QED) is 0.715. The molecule has 4 rings (SSSR count). The molecule has 1 aromatic heterocycles. The molecule has 1 saturated heterocycles. The van der Waals surface area contributed by atoms with Gasteiger partial charge in [0.15, 0.2) is 0 Å². The summed E-state index contributed by atoms with van der Waals surface area (Å²) < 4.78 is 13.4. The molecular formula is C23H23FN4O. The number of nitrogens with zero attached hydrogens (tertiary/aromatic N) is 3. The first-order chi connectivity index (χ1) is 14.1. The van der Waals surface area contributed by atoms with Crippen LogP contribution in [0.2, 0.25) is 0 Å². The van der Waals surface area contributed by atoms with E-state index >= 15 is 0 Å². The van der Waals surface area contributed by atoms with Crippen molar-refractivity contribution in [2.75, 3.05) is 23.3 Å². The molecular weight excluding hydrogens is 367 g/mol. The summed E-state index contributed by atoms with van der Waals surface area (Å²) in [5, 5.41) is 3.05. The topological polar surface area (TPSA) is 58.1 Å². The fourth-order valence-corrected chi connectivity index (χ4v) is 3.62. The zero-order valence-corrected chi connectivity index (χ0v) is 16.3. The minimum atomic E-state index is -0.287. The number of piperidine rings is 1. The number of hydrogen-bond acceptors (Lipinski definition) is 4. The molecule has 2 aromatic carbocycles. The average Bonchev–Trinajstić information content (AvgIpc) is 2.75. The van der Waals surface area contributed by atoms with Crippen molar-refractivity contribution >= 4 is 17.5 Å². The summed E-state index contributed by atoms with van der Waals surface area (Å²) in [7, 11) is 0. The fraction of sp³-hybridized carbons (Fsp3) is 0.261. The average molecular weight is 390 g/mol. The van der Waals surface area contributed by atoms with E-state index in [0.29, 0.717) is 12.5 Å². The maximum absolute atomic E-state index is 13.4. The molecule has 0 bridgehead atoms. The number of hydrogen-bond donors (Lipinski definition) is 1. The highest BCUT2D eigenvalue weighted by Gasteiger charge is 2.27. The molecule has 5 nitrogen and oxygen atoms in total. The van der Waals surface area contributed by atoms with E-state index in [1.807, 2.05) is 42.2 Å². The van der Waals surface area contributed by atoms with Gasteiger partial charge in [-0.15, -0.1) is 0 Å². The van der Waals surface area contributed by atoms with Gasteiger partial charge in [-0.25, -0.2) is 14.4 Å². The molecule has 0 unspecified atom stereocenters. The molecule has 6 heteroatoms. The highest BCUT2D eigenvalue weighted by atomic mass is 19.1. The van der Waals surface area contributed by atoms with Gasteiger partial charge in [0.2, 0.25) is 11.9 Å². The summed E-state index contributed by atoms with van der Waals surface area (Å²) in [6.07, 6.45) is 5.15. The SMILES string of the molecule is Cc1ccccc1NC(=O)[C@H]1CCCN(c2ncc(-c3cccc(F)c3)cn2)C1. The molecule has 1 fully saturated rings. The second kappa shape index (κ2) is 8.39. The Hall–Kier alpha value is -3.28. The van der Waals surface area contributed by atoms with Crippen LogP contribution in [0.5, 0.6) is 0 Å². The van der Waals surface area contributed by atoms with E-state index in [-0.39, 0.29) is 17.6 Å². The number of carbonyl (C=O) groups excluding carboxylic acids is 1. The lowest BCUT2D eigenvalue weighted by Crippen LogP contribution is -2.41. The van der Waals surface area contributed by atoms with Crippen LogP contribution in [-0.4, -0.2) is 29.0 Å². The van der Waals surface area contributed by atoms with Crippen LogP contribution in [0.3, 0.4) is 0 Å². The maximum Gasteiger partial charge on any atom is 0.229 e. The zero-order chi connectivity index (χ0) is 20.2. The monoisotopic (exact) mass is 390 g/mol. The lowest BCUT2D eigenvalue weighted by Gasteiger charge is -2.32. The molecule has 0 radical (unpaired) electrons. The smallest absolute Gasteiger partial charge is 0.229 e. The molecule has 0 saturated carbocycles. The van der Waals surface area contributed by atoms with E-state index < -0.39 is 0 Å². The van der Waals surface area contributed by atoms with Gasteiger partial charge in [-0.2, -0.15) is 0 Å². The van der Waals surface area contributed by atoms with Crippen LogP contribution < -0.4 is 10.2 Å². The molecule has 148 valence electrons. The molecule has 3 aromatic rings. The molecule has 1 aliphatic rings. The first kappa shape index (κ1) is 19.1. The van der Waals surface area contributed by atoms with Crippen LogP contribution in [0.25, 0.3) is 11.1 Å². The Balaban J connectivity index is 1.44. The summed E-state index contributed by atoms with van der Waals surface area (Å²) in [4.78, 5) is 23.7. The van der Waals surface area contributed by atoms with Crippen LogP contribution in [0.1, 0.15) is 18.4 Å². The number of aromatic nitrogens is 2. The zero-order valence-electron chi connectivity index (χ0n) is 16.3. The number of carbonyl (C=O) groups is 1. The van der Waals surface area contributed by atoms with Crippen molar-refractivity contribution in [2.45, 2.75) is 19.8 Å². The normalized spacial score (nSPS) is 16.5. The van der Waals surface area contributed by atoms with E-state index in [2.05, 4.69) is 15.3 Å². The Labute approximate surface area is 169 Å². The summed E-state index contributed by atoms with van der Waals surface area (Å²) in [6, 6.07) is 14.1. The Morgan fingerprint density at radius 2 is 1.90 bits per heavy atom. The molecule has 2 heterocycles. The van der Waals surface area contributed by atoms with Crippen molar-refractivity contribution < 1.29 is 9.18 Å². The highest BCUT2D eigenvalue weighted by Crippen LogP contribution is 2.24. The second-order valence-corrected chi connectivity index (χ2v) is 7.37. The van der Waals surface area contributed by atoms with E-state index in [4.69, 9.17) is 0 Å². The molecule has 1 atom stereocenters. The van der Waals surface area contributed by atoms with Gasteiger partial charge in [-0.05, 0) is 49.1 Å². The number of para-hydroxylation sites is 1. The first-order valence-electron chi connectivity index (χ1n) is 9.79. The predicted octanol–water partition coefficient (Wildman–Crippen LogP) is 4.45. The molecule has 0 spiro atoms. The number of amides is 1. The Kier molecular flexibility index (Phi) is 5.51. The van der Waals surface area contributed by atoms with E-state index in [9.17, 15) is 9.18 Å². The van der Waals surface area contributed by atoms with E-state index in [1.165, 1.54) is 12.1 Å². The lowest BCUT2D eigenvalue weighted by atomic mass is 9.97. The number of benzene rings is 2. The third-order valence-corrected chi connectivity index (χ3v) is 5.27. The van der Waals surface area contributed by atoms with Gasteiger partial charge in [0.25, 0.3) is 0 Å². The van der Waals surface area contributed by atoms with Crippen molar-refractivity contribution in [3.63, 3.8) is 0 Å². The number of nitrogens with one attached hydrogen (secondary N) is 1. The van der Waals surface area contributed by atoms with Gasteiger partial charge in [0.05, 0.1) is 5.92 Å². The third-order valence-electron chi connectivity index (χ3n) is 5.27. The van der Waals surface area contributed by atoms with Crippen molar-refractivity contribution in [3.05, 3.63) is 72.3 Å². The first-order valence-corrected chi connectivity index (χ1v) is 9.79. The largest absolute Gasteiger partial charge is 0.340 e. The molecule has 1 amide bonds. The molecule has 1 aliphatic heterocycles. The molecule has 0 aliphatic carbocycles. The fourth-order valence-electron chi connectivity index (χ4n) is 3.62. The van der Waals surface area contributed by atoms with Crippen molar-refractivity contribution in [2.24, 2.45) is 5.92 Å². The van der Waals surface area contributed by atoms with Crippen molar-refractivity contribution in [1.29, 1.82) is 0 Å². The highest BCUT2D eigenvalue weighted by molar-refractivity contribution is 5.93. The second-order valence-electron chi connectivity index (χ2n) is 7.37. The summed E-state index contributed by atoms with van der Waals surface area (Å²) in [6.45, 7) is 3.38. The Morgan fingerprint density at radius 3 is 2.66 bits per heavy atom. The van der Waals surface area contributed by atoms with Gasteiger partial charge in [-0.3, -0.25) is 4.79 Å². The minimum absolute atomic E-state index is 0.0281. The summed E-state index contributed by atoms with van der Waals surface area (Å²) in [5.74, 6) is 0.221. The van der Waals surface area contributed by atoms with Crippen LogP contribution in [-0.2, 0) is 4.79 Å². The number of anilines is 2. The van der Waals surface area contributed by atoms with E-state index in [0.717, 1.165) is 41.8 Å². The van der Waals surface area contributed by atoms with Crippen LogP contribution in [0.15, 0.2) is 60.9 Å². The number of aryl methyl sites for hydroxylation is 1. The minimum Gasteiger partial charge on any atom is -0.340 e. The van der Waals surface area contributed by atoms with Gasteiger partial charge in [0, 0.05) is 36.7 Å². The summed E-state index contributed by atoms with van der Waals surface area (Å²) >= 11 is 0. The van der Waals surface area contributed by atoms with E-state index in [1.54, 1.807) is 18.5 Å². The standard InChI is InChI=1S/C23H23FN4O/c1-16-6-2-3-10-21(16)27-22(29)18-8-5-11-28(15-18)23-25-13-19(14-26-23)17-7-4-9-20(24)12-17/h2-4,6-7,9-10,12-14,18H,5,8,11,15H2,1H3,(H,27,29)/t18-/m0/s1. The van der Waals surface area contributed by atoms with Gasteiger partial charge in [-0.1, -0.05) is 30.3 Å². The maximum atomic E-state index is 13.4. The van der Waals surface area contributed by atoms with Gasteiger partial charge >= 0.3 is 0 Å². The van der Waals surface area contributed by atoms with Crippen molar-refractivity contribution in [3.8, 4) is 11.1 Å². The Morgan fingerprint density at radius 1 is 1.10 bits per heavy atom. The predicted molar refractivity (Wildman–Crippen MR) is 112 cm³/mol. The third kappa shape index (κ3) is 4.42. The molecule has 1 N–H and O–H groups in total. The van der Waals surface area contributed by atoms with Crippen LogP contribution >= 0.6 is 0 Å². The number of halogens is 1. The van der Waals surface area contributed by atoms with Crippen LogP contribution in [0.4, 0.5) is 16.0 Å². The van der Waals surface area contributed by atoms with Gasteiger partial charge < -0.3 is 10.2 Å². The Bertz CT molecular complexity index is 1010. The van der Waals surface area contributed by atoms with Crippen LogP contribution in [0, 0.1) is 18.7 Å².